The predicted molar refractivity (Wildman–Crippen MR) is 47.8 cm³/mol. The first kappa shape index (κ1) is 13.7. The number of hydrogen-bond acceptors (Lipinski definition) is 1. The first-order chi connectivity index (χ1) is 6.23. The lowest BCUT2D eigenvalue weighted by Gasteiger charge is -2.20. The summed E-state index contributed by atoms with van der Waals surface area (Å²) in [5, 5.41) is 0. The molecule has 0 nitrogen and oxygen atoms in total. The summed E-state index contributed by atoms with van der Waals surface area (Å²) in [5.74, 6) is -3.85. The molecule has 0 spiro atoms. The van der Waals surface area contributed by atoms with Crippen LogP contribution in [0.1, 0.15) is 13.8 Å². The molecule has 6 heteroatoms. The van der Waals surface area contributed by atoms with Gasteiger partial charge in [0.15, 0.2) is 0 Å². The molecule has 0 amide bonds. The van der Waals surface area contributed by atoms with Gasteiger partial charge in [-0.05, 0) is 12.7 Å². The van der Waals surface area contributed by atoms with Crippen LogP contribution in [0.25, 0.3) is 0 Å². The molecule has 0 atom stereocenters. The quantitative estimate of drug-likeness (QED) is 0.404. The van der Waals surface area contributed by atoms with E-state index in [9.17, 15) is 22.0 Å². The van der Waals surface area contributed by atoms with Crippen LogP contribution in [0.5, 0.6) is 0 Å². The Bertz CT molecular complexity index is 206. The highest BCUT2D eigenvalue weighted by Gasteiger charge is 2.58. The summed E-state index contributed by atoms with van der Waals surface area (Å²) in [7, 11) is 0. The van der Waals surface area contributed by atoms with E-state index in [0.717, 1.165) is 13.0 Å². The van der Waals surface area contributed by atoms with E-state index < -0.39 is 17.7 Å². The molecule has 0 aliphatic carbocycles. The lowest BCUT2D eigenvalue weighted by atomic mass is 10.1. The Labute approximate surface area is 83.6 Å². The minimum Gasteiger partial charge on any atom is -0.191 e. The molecule has 0 bridgehead atoms. The molecule has 0 heterocycles. The van der Waals surface area contributed by atoms with Gasteiger partial charge >= 0.3 is 12.1 Å². The van der Waals surface area contributed by atoms with Crippen molar-refractivity contribution in [1.29, 1.82) is 0 Å². The van der Waals surface area contributed by atoms with Gasteiger partial charge in [-0.2, -0.15) is 33.7 Å². The molecule has 0 aromatic rings. The number of allylic oxidation sites excluding steroid dienone is 1. The maximum atomic E-state index is 12.5. The third-order valence-corrected chi connectivity index (χ3v) is 2.37. The van der Waals surface area contributed by atoms with Gasteiger partial charge in [0.1, 0.15) is 0 Å². The van der Waals surface area contributed by atoms with Crippen molar-refractivity contribution in [2.24, 2.45) is 0 Å². The van der Waals surface area contributed by atoms with Crippen molar-refractivity contribution < 1.29 is 22.0 Å². The minimum absolute atomic E-state index is 0.175. The van der Waals surface area contributed by atoms with E-state index in [1.807, 2.05) is 0 Å². The minimum atomic E-state index is -5.50. The zero-order valence-electron chi connectivity index (χ0n) is 7.79. The molecular weight excluding hydrogens is 223 g/mol. The predicted octanol–water partition coefficient (Wildman–Crippen LogP) is 3.88. The Morgan fingerprint density at radius 3 is 2.07 bits per heavy atom. The molecule has 0 aliphatic rings. The lowest BCUT2D eigenvalue weighted by molar-refractivity contribution is -0.264. The molecule has 0 aromatic carbocycles. The van der Waals surface area contributed by atoms with Crippen molar-refractivity contribution in [2.75, 3.05) is 11.5 Å². The Morgan fingerprint density at radius 1 is 1.21 bits per heavy atom. The molecule has 0 saturated carbocycles. The van der Waals surface area contributed by atoms with E-state index in [1.165, 1.54) is 11.8 Å². The first-order valence-electron chi connectivity index (χ1n) is 3.93. The van der Waals surface area contributed by atoms with Gasteiger partial charge in [-0.25, -0.2) is 0 Å². The summed E-state index contributed by atoms with van der Waals surface area (Å²) in [6, 6.07) is 0. The Balaban J connectivity index is 4.50. The first-order valence-corrected chi connectivity index (χ1v) is 5.08. The van der Waals surface area contributed by atoms with Gasteiger partial charge in [-0.15, -0.1) is 0 Å². The fraction of sp³-hybridized carbons (Fsp3) is 0.750. The fourth-order valence-corrected chi connectivity index (χ4v) is 1.26. The zero-order chi connectivity index (χ0) is 11.4. The number of thioether (sulfide) groups is 1. The van der Waals surface area contributed by atoms with Crippen LogP contribution in [-0.4, -0.2) is 23.6 Å². The van der Waals surface area contributed by atoms with E-state index in [-0.39, 0.29) is 5.75 Å². The van der Waals surface area contributed by atoms with Gasteiger partial charge in [0.2, 0.25) is 0 Å². The second-order valence-corrected chi connectivity index (χ2v) is 3.94. The number of hydrogen-bond donors (Lipinski definition) is 0. The third-order valence-electron chi connectivity index (χ3n) is 1.56. The Morgan fingerprint density at radius 2 is 1.71 bits per heavy atom. The largest absolute Gasteiger partial charge is 0.457 e. The summed E-state index contributed by atoms with van der Waals surface area (Å²) >= 11 is 1.29. The Hall–Kier alpha value is -0.260. The smallest absolute Gasteiger partial charge is 0.191 e. The van der Waals surface area contributed by atoms with Crippen molar-refractivity contribution >= 4 is 11.8 Å². The number of alkyl halides is 5. The van der Waals surface area contributed by atoms with Gasteiger partial charge in [0, 0.05) is 11.3 Å². The number of rotatable bonds is 4. The van der Waals surface area contributed by atoms with Gasteiger partial charge in [-0.1, -0.05) is 13.0 Å². The van der Waals surface area contributed by atoms with Crippen molar-refractivity contribution in [3.8, 4) is 0 Å². The summed E-state index contributed by atoms with van der Waals surface area (Å²) < 4.78 is 60.5. The highest BCUT2D eigenvalue weighted by atomic mass is 32.2. The van der Waals surface area contributed by atoms with Crippen LogP contribution in [0, 0.1) is 0 Å². The molecule has 0 N–H and O–H groups in total. The highest BCUT2D eigenvalue weighted by Crippen LogP contribution is 2.40. The average molecular weight is 234 g/mol. The molecule has 0 aromatic heterocycles. The maximum Gasteiger partial charge on any atom is 0.457 e. The van der Waals surface area contributed by atoms with Crippen LogP contribution in [-0.2, 0) is 0 Å². The van der Waals surface area contributed by atoms with Crippen LogP contribution < -0.4 is 0 Å². The fourth-order valence-electron chi connectivity index (χ4n) is 0.654. The molecule has 0 rings (SSSR count). The molecule has 0 saturated heterocycles. The maximum absolute atomic E-state index is 12.5. The monoisotopic (exact) mass is 234 g/mol. The van der Waals surface area contributed by atoms with E-state index >= 15 is 0 Å². The van der Waals surface area contributed by atoms with Crippen molar-refractivity contribution in [2.45, 2.75) is 25.9 Å². The van der Waals surface area contributed by atoms with Crippen LogP contribution in [0.4, 0.5) is 22.0 Å². The van der Waals surface area contributed by atoms with E-state index in [4.69, 9.17) is 0 Å². The van der Waals surface area contributed by atoms with E-state index in [2.05, 4.69) is 0 Å². The molecule has 0 aliphatic heterocycles. The zero-order valence-corrected chi connectivity index (χ0v) is 8.61. The normalized spacial score (nSPS) is 14.6. The molecule has 84 valence electrons. The molecule has 14 heavy (non-hydrogen) atoms. The third kappa shape index (κ3) is 3.48. The second-order valence-electron chi connectivity index (χ2n) is 2.62. The van der Waals surface area contributed by atoms with Gasteiger partial charge < -0.3 is 0 Å². The van der Waals surface area contributed by atoms with Crippen LogP contribution in [0.15, 0.2) is 11.6 Å². The Kier molecular flexibility index (Phi) is 4.91. The molecule has 0 unspecified atom stereocenters. The molecule has 0 fully saturated rings. The second kappa shape index (κ2) is 5.00. The van der Waals surface area contributed by atoms with Crippen LogP contribution >= 0.6 is 11.8 Å². The van der Waals surface area contributed by atoms with Crippen LogP contribution in [0.3, 0.4) is 0 Å². The molecular formula is C8H11F5S. The summed E-state index contributed by atoms with van der Waals surface area (Å²) in [5.41, 5.74) is -0.939. The van der Waals surface area contributed by atoms with Crippen LogP contribution in [0.2, 0.25) is 0 Å². The standard InChI is InChI=1S/C8H11F5S/c1-3-14-5-4-6(2)7(9,10)8(11,12)13/h4H,3,5H2,1-2H3/b6-4+. The van der Waals surface area contributed by atoms with Gasteiger partial charge in [0.25, 0.3) is 0 Å². The topological polar surface area (TPSA) is 0 Å². The average Bonchev–Trinajstić information content (AvgIpc) is 2.02. The van der Waals surface area contributed by atoms with Crippen molar-refractivity contribution in [1.82, 2.24) is 0 Å². The lowest BCUT2D eigenvalue weighted by Crippen LogP contribution is -2.37. The summed E-state index contributed by atoms with van der Waals surface area (Å²) in [6.07, 6.45) is -4.58. The van der Waals surface area contributed by atoms with Gasteiger partial charge in [0.05, 0.1) is 0 Å². The van der Waals surface area contributed by atoms with Crippen molar-refractivity contribution in [3.05, 3.63) is 11.6 Å². The highest BCUT2D eigenvalue weighted by molar-refractivity contribution is 7.99. The van der Waals surface area contributed by atoms with Gasteiger partial charge in [-0.3, -0.25) is 0 Å². The van der Waals surface area contributed by atoms with E-state index in [1.54, 1.807) is 6.92 Å². The summed E-state index contributed by atoms with van der Waals surface area (Å²) in [4.78, 5) is 0. The summed E-state index contributed by atoms with van der Waals surface area (Å²) in [6.45, 7) is 2.60. The SMILES string of the molecule is CCSC/C=C(\C)C(F)(F)C(F)(F)F. The molecule has 0 radical (unpaired) electrons. The van der Waals surface area contributed by atoms with E-state index in [0.29, 0.717) is 5.75 Å². The van der Waals surface area contributed by atoms with Crippen molar-refractivity contribution in [3.63, 3.8) is 0 Å². The number of halogens is 5.